The number of pyridine rings is 1. The summed E-state index contributed by atoms with van der Waals surface area (Å²) in [4.78, 5) is 16.0. The minimum atomic E-state index is -0.115. The quantitative estimate of drug-likeness (QED) is 0.360. The second-order valence-corrected chi connectivity index (χ2v) is 6.96. The van der Waals surface area contributed by atoms with E-state index in [2.05, 4.69) is 25.8 Å². The largest absolute Gasteiger partial charge is 0.402 e. The topological polar surface area (TPSA) is 132 Å². The highest BCUT2D eigenvalue weighted by atomic mass is 32.1. The summed E-state index contributed by atoms with van der Waals surface area (Å²) >= 11 is 1.40. The number of nitrogens with one attached hydrogen (secondary N) is 2. The fraction of sp³-hybridized carbons (Fsp3) is 0.333. The predicted octanol–water partition coefficient (Wildman–Crippen LogP) is 1.69. The number of carbonyl (C=O) groups excluding carboxylic acids is 1. The van der Waals surface area contributed by atoms with Crippen molar-refractivity contribution >= 4 is 22.4 Å². The third kappa shape index (κ3) is 7.87. The molecule has 0 fully saturated rings. The Balaban J connectivity index is 1.70. The lowest BCUT2D eigenvalue weighted by molar-refractivity contribution is -0.115. The molecule has 1 amide bonds. The minimum absolute atomic E-state index is 0.115. The van der Waals surface area contributed by atoms with Gasteiger partial charge in [0.1, 0.15) is 5.01 Å². The Morgan fingerprint density at radius 1 is 1.19 bits per heavy atom. The van der Waals surface area contributed by atoms with Gasteiger partial charge in [-0.25, -0.2) is 0 Å². The van der Waals surface area contributed by atoms with Gasteiger partial charge in [-0.05, 0) is 49.1 Å². The van der Waals surface area contributed by atoms with Crippen molar-refractivity contribution in [2.45, 2.75) is 32.1 Å². The van der Waals surface area contributed by atoms with E-state index in [4.69, 9.17) is 11.5 Å². The second kappa shape index (κ2) is 10.9. The van der Waals surface area contributed by atoms with E-state index >= 15 is 0 Å². The number of carbonyl (C=O) groups is 1. The molecule has 9 heteroatoms. The summed E-state index contributed by atoms with van der Waals surface area (Å²) in [5.41, 5.74) is 13.3. The zero-order valence-corrected chi connectivity index (χ0v) is 16.1. The molecule has 2 aromatic heterocycles. The summed E-state index contributed by atoms with van der Waals surface area (Å²) < 4.78 is 0. The Morgan fingerprint density at radius 2 is 1.96 bits per heavy atom. The first-order valence-corrected chi connectivity index (χ1v) is 9.49. The highest BCUT2D eigenvalue weighted by Crippen LogP contribution is 2.18. The van der Waals surface area contributed by atoms with Crippen LogP contribution in [0.4, 0.5) is 5.13 Å². The maximum Gasteiger partial charge on any atom is 0.230 e. The van der Waals surface area contributed by atoms with Crippen LogP contribution in [0.3, 0.4) is 0 Å². The van der Waals surface area contributed by atoms with Gasteiger partial charge in [-0.15, -0.1) is 10.2 Å². The highest BCUT2D eigenvalue weighted by molar-refractivity contribution is 7.15. The zero-order chi connectivity index (χ0) is 19.5. The van der Waals surface area contributed by atoms with Crippen LogP contribution in [0.15, 0.2) is 48.2 Å². The van der Waals surface area contributed by atoms with E-state index in [-0.39, 0.29) is 12.3 Å². The van der Waals surface area contributed by atoms with Crippen molar-refractivity contribution < 1.29 is 4.79 Å². The third-order valence-corrected chi connectivity index (χ3v) is 4.60. The maximum atomic E-state index is 12.0. The average molecular weight is 388 g/mol. The fourth-order valence-corrected chi connectivity index (χ4v) is 3.02. The number of hydrogen-bond acceptors (Lipinski definition) is 8. The number of anilines is 1. The fourth-order valence-electron chi connectivity index (χ4n) is 2.22. The Kier molecular flexibility index (Phi) is 8.24. The molecule has 8 nitrogen and oxygen atoms in total. The number of rotatable bonds is 10. The van der Waals surface area contributed by atoms with Gasteiger partial charge in [0, 0.05) is 31.6 Å². The minimum Gasteiger partial charge on any atom is -0.402 e. The highest BCUT2D eigenvalue weighted by Gasteiger charge is 2.09. The Morgan fingerprint density at radius 3 is 2.70 bits per heavy atom. The van der Waals surface area contributed by atoms with Crippen LogP contribution < -0.4 is 22.1 Å². The van der Waals surface area contributed by atoms with Gasteiger partial charge >= 0.3 is 0 Å². The van der Waals surface area contributed by atoms with Crippen LogP contribution in [0.2, 0.25) is 0 Å². The molecule has 144 valence electrons. The van der Waals surface area contributed by atoms with Crippen molar-refractivity contribution in [3.63, 3.8) is 0 Å². The van der Waals surface area contributed by atoms with Crippen LogP contribution in [-0.4, -0.2) is 28.1 Å². The lowest BCUT2D eigenvalue weighted by atomic mass is 10.1. The molecule has 2 rings (SSSR count). The van der Waals surface area contributed by atoms with Crippen LogP contribution >= 0.6 is 11.3 Å². The number of amides is 1. The summed E-state index contributed by atoms with van der Waals surface area (Å²) in [5, 5.41) is 15.2. The van der Waals surface area contributed by atoms with E-state index in [1.807, 2.05) is 18.2 Å². The summed E-state index contributed by atoms with van der Waals surface area (Å²) in [6.45, 7) is 0. The van der Waals surface area contributed by atoms with Crippen molar-refractivity contribution in [2.24, 2.45) is 11.5 Å². The number of allylic oxidation sites excluding steroid dienone is 3. The van der Waals surface area contributed by atoms with Crippen molar-refractivity contribution in [3.05, 3.63) is 58.8 Å². The lowest BCUT2D eigenvalue weighted by Gasteiger charge is -2.01. The summed E-state index contributed by atoms with van der Waals surface area (Å²) in [6, 6.07) is 3.63. The van der Waals surface area contributed by atoms with Gasteiger partial charge in [0.25, 0.3) is 0 Å². The molecular formula is C18H25N7OS. The van der Waals surface area contributed by atoms with Crippen molar-refractivity contribution in [1.29, 1.82) is 0 Å². The van der Waals surface area contributed by atoms with Gasteiger partial charge in [0.05, 0.1) is 12.2 Å². The van der Waals surface area contributed by atoms with Gasteiger partial charge in [-0.2, -0.15) is 0 Å². The van der Waals surface area contributed by atoms with E-state index in [9.17, 15) is 4.79 Å². The molecule has 0 saturated carbocycles. The number of hydrogen-bond donors (Lipinski definition) is 4. The molecule has 0 radical (unpaired) electrons. The van der Waals surface area contributed by atoms with Gasteiger partial charge in [-0.1, -0.05) is 11.3 Å². The van der Waals surface area contributed by atoms with E-state index in [1.54, 1.807) is 25.5 Å². The van der Waals surface area contributed by atoms with Crippen molar-refractivity contribution in [1.82, 2.24) is 20.5 Å². The molecule has 0 aliphatic carbocycles. The molecule has 0 spiro atoms. The Labute approximate surface area is 162 Å². The smallest absolute Gasteiger partial charge is 0.230 e. The van der Waals surface area contributed by atoms with Gasteiger partial charge in [0.2, 0.25) is 11.0 Å². The monoisotopic (exact) mass is 387 g/mol. The van der Waals surface area contributed by atoms with Crippen LogP contribution in [0.1, 0.15) is 29.8 Å². The van der Waals surface area contributed by atoms with E-state index in [1.165, 1.54) is 11.3 Å². The van der Waals surface area contributed by atoms with Gasteiger partial charge in [-0.3, -0.25) is 9.78 Å². The van der Waals surface area contributed by atoms with Crippen LogP contribution in [-0.2, 0) is 17.6 Å². The summed E-state index contributed by atoms with van der Waals surface area (Å²) in [7, 11) is 1.76. The van der Waals surface area contributed by atoms with Crippen LogP contribution in [0, 0.1) is 0 Å². The Bertz CT molecular complexity index is 786. The van der Waals surface area contributed by atoms with E-state index in [0.717, 1.165) is 42.0 Å². The van der Waals surface area contributed by atoms with Crippen molar-refractivity contribution in [3.8, 4) is 0 Å². The predicted molar refractivity (Wildman–Crippen MR) is 108 cm³/mol. The van der Waals surface area contributed by atoms with Gasteiger partial charge in [0.15, 0.2) is 0 Å². The van der Waals surface area contributed by atoms with Crippen LogP contribution in [0.25, 0.3) is 0 Å². The molecule has 6 N–H and O–H groups in total. The first-order chi connectivity index (χ1) is 13.1. The molecule has 0 saturated heterocycles. The van der Waals surface area contributed by atoms with E-state index in [0.29, 0.717) is 11.0 Å². The molecule has 0 aliphatic rings. The molecule has 0 aromatic carbocycles. The average Bonchev–Trinajstić information content (AvgIpc) is 3.11. The molecule has 0 aliphatic heterocycles. The standard InChI is InChI=1S/C18H25N7OS/c1-21-15(20)7-6-14(19)4-2-3-5-17-24-25-18(27-17)23-16(26)12-13-8-10-22-11-9-13/h6-11,21H,2-5,12,19-20H2,1H3,(H,23,25,26)/b14-6-,15-7+. The molecule has 0 atom stereocenters. The van der Waals surface area contributed by atoms with Gasteiger partial charge < -0.3 is 22.1 Å². The molecule has 2 heterocycles. The number of nitrogens with two attached hydrogens (primary N) is 2. The first-order valence-electron chi connectivity index (χ1n) is 8.67. The first kappa shape index (κ1) is 20.4. The number of unbranched alkanes of at least 4 members (excludes halogenated alkanes) is 1. The summed E-state index contributed by atoms with van der Waals surface area (Å²) in [6.07, 6.45) is 10.7. The Hall–Kier alpha value is -2.94. The number of nitrogens with zero attached hydrogens (tertiary/aromatic N) is 3. The van der Waals surface area contributed by atoms with Crippen LogP contribution in [0.5, 0.6) is 0 Å². The van der Waals surface area contributed by atoms with Crippen molar-refractivity contribution in [2.75, 3.05) is 12.4 Å². The second-order valence-electron chi connectivity index (χ2n) is 5.90. The number of aromatic nitrogens is 3. The summed E-state index contributed by atoms with van der Waals surface area (Å²) in [5.74, 6) is 0.459. The molecule has 27 heavy (non-hydrogen) atoms. The molecule has 2 aromatic rings. The third-order valence-electron chi connectivity index (χ3n) is 3.70. The molecule has 0 bridgehead atoms. The molecular weight excluding hydrogens is 362 g/mol. The maximum absolute atomic E-state index is 12.0. The molecule has 0 unspecified atom stereocenters. The lowest BCUT2D eigenvalue weighted by Crippen LogP contribution is -2.14. The zero-order valence-electron chi connectivity index (χ0n) is 15.3. The number of aryl methyl sites for hydroxylation is 1. The normalized spacial score (nSPS) is 12.0. The van der Waals surface area contributed by atoms with E-state index < -0.39 is 0 Å². The SMILES string of the molecule is CN/C(N)=C/C=C(\N)CCCCc1nnc(NC(=O)Cc2ccncc2)s1.